The molecule has 9 heteroatoms. The van der Waals surface area contributed by atoms with Gasteiger partial charge in [-0.15, -0.1) is 0 Å². The zero-order valence-electron chi connectivity index (χ0n) is 32.9. The molecule has 6 nitrogen and oxygen atoms in total. The fourth-order valence-corrected chi connectivity index (χ4v) is 8.68. The maximum atomic E-state index is 11.7. The van der Waals surface area contributed by atoms with Gasteiger partial charge < -0.3 is 9.11 Å². The Bertz CT molecular complexity index is 1770. The molecule has 0 spiro atoms. The molecule has 0 aromatic heterocycles. The average molecular weight is 888 g/mol. The van der Waals surface area contributed by atoms with E-state index in [1.165, 1.54) is 87.5 Å². The van der Waals surface area contributed by atoms with Gasteiger partial charge >= 0.3 is 48.9 Å². The molecular weight excluding hydrogens is 826 g/mol. The maximum Gasteiger partial charge on any atom is 2.00 e. The van der Waals surface area contributed by atoms with Crippen molar-refractivity contribution in [3.63, 3.8) is 0 Å². The summed E-state index contributed by atoms with van der Waals surface area (Å²) in [5, 5.41) is 3.02. The van der Waals surface area contributed by atoms with Crippen LogP contribution in [-0.4, -0.2) is 74.8 Å². The smallest absolute Gasteiger partial charge is 0.744 e. The fraction of sp³-hybridized carbons (Fsp3) is 0.545. The molecule has 0 fully saturated rings. The van der Waals surface area contributed by atoms with Crippen LogP contribution < -0.4 is 0 Å². The molecular formula is C44H62BaO6S2. The zero-order valence-corrected chi connectivity index (χ0v) is 39.0. The molecule has 0 amide bonds. The Morgan fingerprint density at radius 2 is 0.755 bits per heavy atom. The number of fused-ring (bicyclic) bond motifs is 2. The second-order valence-electron chi connectivity index (χ2n) is 14.4. The van der Waals surface area contributed by atoms with Gasteiger partial charge in [0.25, 0.3) is 0 Å². The zero-order chi connectivity index (χ0) is 38.0. The van der Waals surface area contributed by atoms with E-state index in [4.69, 9.17) is 0 Å². The van der Waals surface area contributed by atoms with E-state index < -0.39 is 20.2 Å². The quantitative estimate of drug-likeness (QED) is 0.0441. The van der Waals surface area contributed by atoms with E-state index in [9.17, 15) is 25.9 Å². The minimum atomic E-state index is -4.47. The van der Waals surface area contributed by atoms with Crippen molar-refractivity contribution in [1.29, 1.82) is 0 Å². The predicted octanol–water partition coefficient (Wildman–Crippen LogP) is 11.6. The Balaban J connectivity index is 0.000000360. The standard InChI is InChI=1S/2C22H32O3S.Ba/c2*1-3-5-7-9-12-18-16-19(13-10-8-6-4-2)22-20(17-18)14-11-15-21(22)26(23,24)25;/h2*11,14-17H,3-10,12-13H2,1-2H3,(H,23,24,25);/q;;+2/p-2. The molecule has 0 aliphatic heterocycles. The van der Waals surface area contributed by atoms with Gasteiger partial charge in [-0.2, -0.15) is 0 Å². The Kier molecular flexibility index (Phi) is 22.7. The minimum absolute atomic E-state index is 0. The van der Waals surface area contributed by atoms with Crippen LogP contribution >= 0.6 is 0 Å². The van der Waals surface area contributed by atoms with Crippen LogP contribution in [0.4, 0.5) is 0 Å². The van der Waals surface area contributed by atoms with Gasteiger partial charge in [0.15, 0.2) is 0 Å². The Morgan fingerprint density at radius 3 is 1.06 bits per heavy atom. The predicted molar refractivity (Wildman–Crippen MR) is 221 cm³/mol. The molecule has 0 aliphatic carbocycles. The van der Waals surface area contributed by atoms with Crippen LogP contribution in [-0.2, 0) is 45.9 Å². The number of unbranched alkanes of at least 4 members (excludes halogenated alkanes) is 12. The molecule has 4 aromatic carbocycles. The van der Waals surface area contributed by atoms with Crippen molar-refractivity contribution in [2.24, 2.45) is 0 Å². The molecule has 0 N–H and O–H groups in total. The summed E-state index contributed by atoms with van der Waals surface area (Å²) in [5.74, 6) is 0. The molecule has 0 saturated carbocycles. The Hall–Kier alpha value is -1.21. The molecule has 53 heavy (non-hydrogen) atoms. The third kappa shape index (κ3) is 16.1. The fourth-order valence-electron chi connectivity index (χ4n) is 7.19. The molecule has 288 valence electrons. The number of benzene rings is 4. The van der Waals surface area contributed by atoms with Gasteiger partial charge in [-0.05, 0) is 96.5 Å². The first-order chi connectivity index (χ1) is 24.9. The van der Waals surface area contributed by atoms with Gasteiger partial charge in [0.2, 0.25) is 0 Å². The summed E-state index contributed by atoms with van der Waals surface area (Å²) in [6.07, 6.45) is 22.3. The normalized spacial score (nSPS) is 11.7. The number of hydrogen-bond donors (Lipinski definition) is 0. The van der Waals surface area contributed by atoms with Gasteiger partial charge in [-0.1, -0.05) is 153 Å². The van der Waals surface area contributed by atoms with Gasteiger partial charge in [0, 0.05) is 10.8 Å². The SMILES string of the molecule is CCCCCCc1cc(CCCCCC)c2c(S(=O)(=O)[O-])cccc2c1.CCCCCCc1cc(CCCCCC)c2c(S(=O)(=O)[O-])cccc2c1.[Ba+2]. The minimum Gasteiger partial charge on any atom is -0.744 e. The van der Waals surface area contributed by atoms with E-state index >= 15 is 0 Å². The van der Waals surface area contributed by atoms with E-state index in [1.807, 2.05) is 12.1 Å². The Morgan fingerprint density at radius 1 is 0.434 bits per heavy atom. The van der Waals surface area contributed by atoms with Crippen LogP contribution in [0.2, 0.25) is 0 Å². The maximum absolute atomic E-state index is 11.7. The molecule has 0 saturated heterocycles. The topological polar surface area (TPSA) is 114 Å². The molecule has 4 aromatic rings. The number of aryl methyl sites for hydroxylation is 4. The second-order valence-corrected chi connectivity index (χ2v) is 17.1. The molecule has 0 radical (unpaired) electrons. The van der Waals surface area contributed by atoms with Crippen LogP contribution in [0.15, 0.2) is 70.5 Å². The molecule has 4 rings (SSSR count). The van der Waals surface area contributed by atoms with Crippen molar-refractivity contribution < 1.29 is 25.9 Å². The molecule has 0 heterocycles. The second kappa shape index (κ2) is 25.1. The first kappa shape index (κ1) is 47.9. The van der Waals surface area contributed by atoms with E-state index in [0.29, 0.717) is 10.8 Å². The first-order valence-electron chi connectivity index (χ1n) is 19.9. The van der Waals surface area contributed by atoms with Crippen LogP contribution in [0.3, 0.4) is 0 Å². The third-order valence-corrected chi connectivity index (χ3v) is 11.7. The summed E-state index contributed by atoms with van der Waals surface area (Å²) >= 11 is 0. The van der Waals surface area contributed by atoms with Crippen molar-refractivity contribution in [3.8, 4) is 0 Å². The monoisotopic (exact) mass is 888 g/mol. The van der Waals surface area contributed by atoms with Gasteiger partial charge in [0.1, 0.15) is 20.2 Å². The number of rotatable bonds is 22. The van der Waals surface area contributed by atoms with Gasteiger partial charge in [0.05, 0.1) is 9.79 Å². The number of hydrogen-bond acceptors (Lipinski definition) is 6. The van der Waals surface area contributed by atoms with Crippen molar-refractivity contribution in [2.45, 2.75) is 166 Å². The van der Waals surface area contributed by atoms with E-state index in [2.05, 4.69) is 52.0 Å². The molecule has 0 unspecified atom stereocenters. The van der Waals surface area contributed by atoms with Crippen molar-refractivity contribution in [3.05, 3.63) is 82.9 Å². The van der Waals surface area contributed by atoms with Crippen molar-refractivity contribution in [2.75, 3.05) is 0 Å². The third-order valence-electron chi connectivity index (χ3n) is 9.94. The van der Waals surface area contributed by atoms with E-state index in [-0.39, 0.29) is 58.7 Å². The Labute approximate surface area is 361 Å². The van der Waals surface area contributed by atoms with Crippen LogP contribution in [0.25, 0.3) is 21.5 Å². The van der Waals surface area contributed by atoms with E-state index in [0.717, 1.165) is 86.1 Å². The van der Waals surface area contributed by atoms with E-state index in [1.54, 1.807) is 12.1 Å². The van der Waals surface area contributed by atoms with Crippen LogP contribution in [0.1, 0.15) is 153 Å². The summed E-state index contributed by atoms with van der Waals surface area (Å²) < 4.78 is 70.5. The summed E-state index contributed by atoms with van der Waals surface area (Å²) in [6.45, 7) is 8.76. The first-order valence-corrected chi connectivity index (χ1v) is 22.8. The largest absolute Gasteiger partial charge is 2.00 e. The summed E-state index contributed by atoms with van der Waals surface area (Å²) in [6, 6.07) is 18.5. The van der Waals surface area contributed by atoms with Crippen LogP contribution in [0, 0.1) is 0 Å². The summed E-state index contributed by atoms with van der Waals surface area (Å²) in [7, 11) is -8.95. The van der Waals surface area contributed by atoms with Crippen LogP contribution in [0.5, 0.6) is 0 Å². The summed E-state index contributed by atoms with van der Waals surface area (Å²) in [5.41, 5.74) is 4.53. The van der Waals surface area contributed by atoms with Gasteiger partial charge in [-0.25, -0.2) is 16.8 Å². The molecule has 0 atom stereocenters. The molecule has 0 bridgehead atoms. The van der Waals surface area contributed by atoms with Crippen molar-refractivity contribution in [1.82, 2.24) is 0 Å². The average Bonchev–Trinajstić information content (AvgIpc) is 3.11. The summed E-state index contributed by atoms with van der Waals surface area (Å²) in [4.78, 5) is -0.143. The van der Waals surface area contributed by atoms with Gasteiger partial charge in [-0.3, -0.25) is 0 Å². The molecule has 0 aliphatic rings. The van der Waals surface area contributed by atoms with Crippen molar-refractivity contribution >= 4 is 90.7 Å².